The number of carbonyl (C=O) groups excluding carboxylic acids is 1. The molecule has 4 aromatic rings. The van der Waals surface area contributed by atoms with Gasteiger partial charge in [0.15, 0.2) is 0 Å². The van der Waals surface area contributed by atoms with Crippen molar-refractivity contribution < 1.29 is 9.53 Å². The maximum absolute atomic E-state index is 12.8. The van der Waals surface area contributed by atoms with Crippen LogP contribution in [0.15, 0.2) is 78.9 Å². The van der Waals surface area contributed by atoms with E-state index in [1.165, 1.54) is 0 Å². The maximum Gasteiger partial charge on any atom is 0.346 e. The number of carbonyl (C=O) groups is 1. The molecule has 3 aromatic carbocycles. The van der Waals surface area contributed by atoms with Gasteiger partial charge in [0.05, 0.1) is 22.0 Å². The number of aryl methyl sites for hydroxylation is 2. The number of rotatable bonds is 4. The highest BCUT2D eigenvalue weighted by Crippen LogP contribution is 2.29. The zero-order valence-electron chi connectivity index (χ0n) is 16.1. The van der Waals surface area contributed by atoms with Crippen LogP contribution in [0.4, 0.5) is 0 Å². The molecule has 144 valence electrons. The SMILES string of the molecule is Cc1ccc(-n2nc(-c3ccccc3)cc2OC(=O)c2ccccc2Cl)c(C)c1. The molecule has 0 saturated carbocycles. The molecule has 0 bridgehead atoms. The average molecular weight is 403 g/mol. The first kappa shape index (κ1) is 19.0. The summed E-state index contributed by atoms with van der Waals surface area (Å²) in [5, 5.41) is 5.06. The lowest BCUT2D eigenvalue weighted by atomic mass is 10.1. The molecular formula is C24H19ClN2O2. The molecule has 1 aromatic heterocycles. The summed E-state index contributed by atoms with van der Waals surface area (Å²) in [5.74, 6) is -0.193. The summed E-state index contributed by atoms with van der Waals surface area (Å²) < 4.78 is 7.39. The minimum atomic E-state index is -0.527. The average Bonchev–Trinajstić information content (AvgIpc) is 3.12. The van der Waals surface area contributed by atoms with Crippen molar-refractivity contribution in [3.8, 4) is 22.8 Å². The first-order valence-electron chi connectivity index (χ1n) is 9.23. The molecule has 0 aliphatic heterocycles. The van der Waals surface area contributed by atoms with Crippen LogP contribution in [0.25, 0.3) is 16.9 Å². The highest BCUT2D eigenvalue weighted by molar-refractivity contribution is 6.33. The van der Waals surface area contributed by atoms with Crippen molar-refractivity contribution >= 4 is 17.6 Å². The molecule has 0 fully saturated rings. The van der Waals surface area contributed by atoms with Crippen LogP contribution in [-0.2, 0) is 0 Å². The molecule has 5 heteroatoms. The standard InChI is InChI=1S/C24H19ClN2O2/c1-16-12-13-22(17(2)14-16)27-23(15-21(26-27)18-8-4-3-5-9-18)29-24(28)19-10-6-7-11-20(19)25/h3-15H,1-2H3. The molecule has 29 heavy (non-hydrogen) atoms. The van der Waals surface area contributed by atoms with Crippen molar-refractivity contribution in [2.45, 2.75) is 13.8 Å². The molecule has 0 aliphatic carbocycles. The lowest BCUT2D eigenvalue weighted by molar-refractivity contribution is 0.0723. The zero-order valence-corrected chi connectivity index (χ0v) is 16.9. The number of nitrogens with zero attached hydrogens (tertiary/aromatic N) is 2. The number of hydrogen-bond acceptors (Lipinski definition) is 3. The van der Waals surface area contributed by atoms with Gasteiger partial charge in [-0.15, -0.1) is 0 Å². The monoisotopic (exact) mass is 402 g/mol. The van der Waals surface area contributed by atoms with Crippen molar-refractivity contribution in [1.82, 2.24) is 9.78 Å². The van der Waals surface area contributed by atoms with E-state index < -0.39 is 5.97 Å². The van der Waals surface area contributed by atoms with Crippen LogP contribution in [0.2, 0.25) is 5.02 Å². The molecule has 0 atom stereocenters. The van der Waals surface area contributed by atoms with Gasteiger partial charge in [-0.25, -0.2) is 4.79 Å². The van der Waals surface area contributed by atoms with E-state index in [1.54, 1.807) is 35.0 Å². The Morgan fingerprint density at radius 1 is 0.931 bits per heavy atom. The fourth-order valence-corrected chi connectivity index (χ4v) is 3.39. The summed E-state index contributed by atoms with van der Waals surface area (Å²) in [6, 6.07) is 24.4. The third-order valence-corrected chi connectivity index (χ3v) is 4.95. The van der Waals surface area contributed by atoms with Crippen molar-refractivity contribution in [2.75, 3.05) is 0 Å². The Bertz CT molecular complexity index is 1180. The van der Waals surface area contributed by atoms with Gasteiger partial charge in [0, 0.05) is 11.6 Å². The summed E-state index contributed by atoms with van der Waals surface area (Å²) in [4.78, 5) is 12.8. The smallest absolute Gasteiger partial charge is 0.346 e. The molecule has 4 nitrogen and oxygen atoms in total. The third kappa shape index (κ3) is 3.93. The minimum absolute atomic E-state index is 0.309. The second-order valence-electron chi connectivity index (χ2n) is 6.80. The van der Waals surface area contributed by atoms with Crippen molar-refractivity contribution in [1.29, 1.82) is 0 Å². The van der Waals surface area contributed by atoms with Crippen LogP contribution in [-0.4, -0.2) is 15.7 Å². The van der Waals surface area contributed by atoms with Crippen LogP contribution in [0.1, 0.15) is 21.5 Å². The Hall–Kier alpha value is -3.37. The summed E-state index contributed by atoms with van der Waals surface area (Å²) >= 11 is 6.16. The summed E-state index contributed by atoms with van der Waals surface area (Å²) in [7, 11) is 0. The van der Waals surface area contributed by atoms with Gasteiger partial charge in [0.2, 0.25) is 5.88 Å². The molecule has 0 spiro atoms. The number of aromatic nitrogens is 2. The largest absolute Gasteiger partial charge is 0.404 e. The number of hydrogen-bond donors (Lipinski definition) is 0. The Morgan fingerprint density at radius 2 is 1.66 bits per heavy atom. The first-order chi connectivity index (χ1) is 14.0. The van der Waals surface area contributed by atoms with E-state index in [2.05, 4.69) is 6.07 Å². The molecule has 0 amide bonds. The molecule has 0 radical (unpaired) electrons. The summed E-state index contributed by atoms with van der Waals surface area (Å²) in [6.45, 7) is 4.04. The number of halogens is 1. The van der Waals surface area contributed by atoms with Crippen molar-refractivity contribution in [2.24, 2.45) is 0 Å². The predicted molar refractivity (Wildman–Crippen MR) is 115 cm³/mol. The molecule has 0 N–H and O–H groups in total. The highest BCUT2D eigenvalue weighted by atomic mass is 35.5. The lowest BCUT2D eigenvalue weighted by Crippen LogP contribution is -2.12. The second kappa shape index (κ2) is 7.94. The maximum atomic E-state index is 12.8. The molecule has 1 heterocycles. The van der Waals surface area contributed by atoms with Gasteiger partial charge in [-0.05, 0) is 37.6 Å². The Kier molecular flexibility index (Phi) is 5.19. The van der Waals surface area contributed by atoms with E-state index in [9.17, 15) is 4.79 Å². The molecule has 0 saturated heterocycles. The normalized spacial score (nSPS) is 10.7. The fourth-order valence-electron chi connectivity index (χ4n) is 3.18. The van der Waals surface area contributed by atoms with Crippen LogP contribution < -0.4 is 4.74 Å². The number of esters is 1. The molecule has 4 rings (SSSR count). The van der Waals surface area contributed by atoms with Crippen LogP contribution >= 0.6 is 11.6 Å². The second-order valence-corrected chi connectivity index (χ2v) is 7.21. The third-order valence-electron chi connectivity index (χ3n) is 4.62. The fraction of sp³-hybridized carbons (Fsp3) is 0.0833. The van der Waals surface area contributed by atoms with E-state index in [-0.39, 0.29) is 0 Å². The van der Waals surface area contributed by atoms with E-state index in [0.717, 1.165) is 22.4 Å². The Labute approximate surface area is 174 Å². The van der Waals surface area contributed by atoms with E-state index in [4.69, 9.17) is 21.4 Å². The lowest BCUT2D eigenvalue weighted by Gasteiger charge is -2.11. The van der Waals surface area contributed by atoms with Gasteiger partial charge in [-0.3, -0.25) is 0 Å². The zero-order chi connectivity index (χ0) is 20.4. The highest BCUT2D eigenvalue weighted by Gasteiger charge is 2.19. The van der Waals surface area contributed by atoms with Gasteiger partial charge >= 0.3 is 5.97 Å². The Morgan fingerprint density at radius 3 is 2.38 bits per heavy atom. The van der Waals surface area contributed by atoms with Gasteiger partial charge in [0.25, 0.3) is 0 Å². The number of benzene rings is 3. The van der Waals surface area contributed by atoms with Crippen LogP contribution in [0.3, 0.4) is 0 Å². The topological polar surface area (TPSA) is 44.1 Å². The molecule has 0 aliphatic rings. The van der Waals surface area contributed by atoms with Gasteiger partial charge < -0.3 is 4.74 Å². The van der Waals surface area contributed by atoms with Crippen molar-refractivity contribution in [3.63, 3.8) is 0 Å². The Balaban J connectivity index is 1.80. The van der Waals surface area contributed by atoms with Gasteiger partial charge in [0.1, 0.15) is 0 Å². The summed E-state index contributed by atoms with van der Waals surface area (Å²) in [5.41, 5.74) is 4.99. The van der Waals surface area contributed by atoms with Crippen LogP contribution in [0, 0.1) is 13.8 Å². The van der Waals surface area contributed by atoms with Gasteiger partial charge in [-0.1, -0.05) is 71.8 Å². The van der Waals surface area contributed by atoms with E-state index >= 15 is 0 Å². The summed E-state index contributed by atoms with van der Waals surface area (Å²) in [6.07, 6.45) is 0. The predicted octanol–water partition coefficient (Wildman–Crippen LogP) is 6.03. The number of ether oxygens (including phenoxy) is 1. The van der Waals surface area contributed by atoms with E-state index in [0.29, 0.717) is 22.2 Å². The minimum Gasteiger partial charge on any atom is -0.404 e. The first-order valence-corrected chi connectivity index (χ1v) is 9.60. The quantitative estimate of drug-likeness (QED) is 0.391. The van der Waals surface area contributed by atoms with E-state index in [1.807, 2.05) is 56.3 Å². The molecule has 0 unspecified atom stereocenters. The van der Waals surface area contributed by atoms with Crippen molar-refractivity contribution in [3.05, 3.63) is 101 Å². The van der Waals surface area contributed by atoms with Gasteiger partial charge in [-0.2, -0.15) is 9.78 Å². The molecular weight excluding hydrogens is 384 g/mol. The van der Waals surface area contributed by atoms with Crippen LogP contribution in [0.5, 0.6) is 5.88 Å².